The van der Waals surface area contributed by atoms with Crippen molar-refractivity contribution >= 4 is 23.2 Å². The van der Waals surface area contributed by atoms with Crippen LogP contribution in [-0.2, 0) is 19.0 Å². The van der Waals surface area contributed by atoms with Crippen molar-refractivity contribution in [1.82, 2.24) is 9.78 Å². The fourth-order valence-corrected chi connectivity index (χ4v) is 2.31. The first kappa shape index (κ1) is 14.2. The lowest BCUT2D eigenvalue weighted by atomic mass is 10.2. The topological polar surface area (TPSA) is 27.1 Å². The van der Waals surface area contributed by atoms with Crippen LogP contribution in [0.3, 0.4) is 0 Å². The molecular formula is C14H16Cl2N2O. The summed E-state index contributed by atoms with van der Waals surface area (Å²) in [6.07, 6.45) is 0. The quantitative estimate of drug-likeness (QED) is 0.774. The molecule has 0 unspecified atom stereocenters. The number of nitrogens with zero attached hydrogens (tertiary/aromatic N) is 2. The van der Waals surface area contributed by atoms with Crippen LogP contribution in [0.1, 0.15) is 23.9 Å². The molecule has 0 bridgehead atoms. The van der Waals surface area contributed by atoms with Crippen molar-refractivity contribution in [2.24, 2.45) is 0 Å². The molecule has 0 atom stereocenters. The molecule has 0 aliphatic carbocycles. The lowest BCUT2D eigenvalue weighted by Gasteiger charge is -2.09. The molecule has 0 amide bonds. The van der Waals surface area contributed by atoms with Crippen molar-refractivity contribution in [3.05, 3.63) is 46.2 Å². The van der Waals surface area contributed by atoms with Gasteiger partial charge in [-0.1, -0.05) is 17.7 Å². The molecule has 0 aliphatic heterocycles. The van der Waals surface area contributed by atoms with E-state index in [1.165, 1.54) is 0 Å². The third-order valence-corrected chi connectivity index (χ3v) is 3.42. The minimum absolute atomic E-state index is 0.446. The second-order valence-corrected chi connectivity index (χ2v) is 4.95. The Morgan fingerprint density at radius 1 is 1.32 bits per heavy atom. The van der Waals surface area contributed by atoms with E-state index in [-0.39, 0.29) is 0 Å². The van der Waals surface area contributed by atoms with Crippen LogP contribution in [0.2, 0.25) is 5.02 Å². The summed E-state index contributed by atoms with van der Waals surface area (Å²) in [5.74, 6) is 1.11. The van der Waals surface area contributed by atoms with E-state index in [4.69, 9.17) is 27.9 Å². The van der Waals surface area contributed by atoms with E-state index in [0.717, 1.165) is 23.5 Å². The summed E-state index contributed by atoms with van der Waals surface area (Å²) >= 11 is 11.9. The van der Waals surface area contributed by atoms with Crippen molar-refractivity contribution in [1.29, 1.82) is 0 Å². The summed E-state index contributed by atoms with van der Waals surface area (Å²) in [5.41, 5.74) is 3.01. The number of alkyl halides is 1. The summed E-state index contributed by atoms with van der Waals surface area (Å²) in [4.78, 5) is 0. The summed E-state index contributed by atoms with van der Waals surface area (Å²) < 4.78 is 7.67. The van der Waals surface area contributed by atoms with Gasteiger partial charge in [0.25, 0.3) is 0 Å². The molecule has 0 radical (unpaired) electrons. The van der Waals surface area contributed by atoms with Gasteiger partial charge in [0.05, 0.1) is 16.4 Å². The number of rotatable bonds is 5. The zero-order valence-electron chi connectivity index (χ0n) is 11.0. The maximum Gasteiger partial charge on any atom is 0.138 e. The zero-order valence-corrected chi connectivity index (χ0v) is 12.5. The average molecular weight is 299 g/mol. The molecule has 2 rings (SSSR count). The molecule has 1 aromatic heterocycles. The Morgan fingerprint density at radius 2 is 2.11 bits per heavy atom. The van der Waals surface area contributed by atoms with E-state index in [0.29, 0.717) is 23.3 Å². The molecule has 0 saturated heterocycles. The number of ether oxygens (including phenoxy) is 1. The molecule has 0 spiro atoms. The van der Waals surface area contributed by atoms with Gasteiger partial charge in [0.1, 0.15) is 12.4 Å². The van der Waals surface area contributed by atoms with Gasteiger partial charge >= 0.3 is 0 Å². The molecule has 0 fully saturated rings. The number of aromatic nitrogens is 2. The second kappa shape index (κ2) is 6.31. The van der Waals surface area contributed by atoms with Gasteiger partial charge in [-0.25, -0.2) is 0 Å². The molecule has 19 heavy (non-hydrogen) atoms. The average Bonchev–Trinajstić information content (AvgIpc) is 2.77. The van der Waals surface area contributed by atoms with Crippen LogP contribution in [0.15, 0.2) is 24.3 Å². The van der Waals surface area contributed by atoms with E-state index >= 15 is 0 Å². The van der Waals surface area contributed by atoms with Crippen molar-refractivity contribution in [2.45, 2.75) is 32.9 Å². The normalized spacial score (nSPS) is 10.7. The fourth-order valence-electron chi connectivity index (χ4n) is 1.89. The van der Waals surface area contributed by atoms with Gasteiger partial charge in [-0.3, -0.25) is 4.68 Å². The zero-order chi connectivity index (χ0) is 13.8. The van der Waals surface area contributed by atoms with Gasteiger partial charge in [-0.15, -0.1) is 11.6 Å². The molecular weight excluding hydrogens is 283 g/mol. The van der Waals surface area contributed by atoms with Crippen LogP contribution in [0, 0.1) is 6.92 Å². The van der Waals surface area contributed by atoms with Gasteiger partial charge in [-0.05, 0) is 37.6 Å². The highest BCUT2D eigenvalue weighted by Crippen LogP contribution is 2.27. The molecule has 0 saturated carbocycles. The Balaban J connectivity index is 2.09. The summed E-state index contributed by atoms with van der Waals surface area (Å²) in [6.45, 7) is 5.30. The predicted octanol–water partition coefficient (Wildman–Crippen LogP) is 4.18. The number of benzene rings is 1. The summed E-state index contributed by atoms with van der Waals surface area (Å²) in [7, 11) is 0. The highest BCUT2D eigenvalue weighted by Gasteiger charge is 2.07. The third kappa shape index (κ3) is 3.43. The van der Waals surface area contributed by atoms with Gasteiger partial charge in [0.2, 0.25) is 0 Å². The van der Waals surface area contributed by atoms with Gasteiger partial charge in [0.15, 0.2) is 0 Å². The largest absolute Gasteiger partial charge is 0.486 e. The first-order valence-corrected chi connectivity index (χ1v) is 7.05. The molecule has 5 heteroatoms. The standard InChI is InChI=1S/C14H16Cl2N2O/c1-3-18-12(6-10(2)17-18)9-19-14-5-4-11(8-15)7-13(14)16/h4-7H,3,8-9H2,1-2H3. The van der Waals surface area contributed by atoms with Crippen LogP contribution in [0.4, 0.5) is 0 Å². The second-order valence-electron chi connectivity index (χ2n) is 4.28. The van der Waals surface area contributed by atoms with E-state index < -0.39 is 0 Å². The van der Waals surface area contributed by atoms with Crippen molar-refractivity contribution in [2.75, 3.05) is 0 Å². The highest BCUT2D eigenvalue weighted by atomic mass is 35.5. The van der Waals surface area contributed by atoms with Crippen molar-refractivity contribution in [3.8, 4) is 5.75 Å². The monoisotopic (exact) mass is 298 g/mol. The maximum atomic E-state index is 6.15. The molecule has 0 N–H and O–H groups in total. The Kier molecular flexibility index (Phi) is 4.72. The molecule has 1 heterocycles. The summed E-state index contributed by atoms with van der Waals surface area (Å²) in [6, 6.07) is 7.60. The van der Waals surface area contributed by atoms with Crippen molar-refractivity contribution < 1.29 is 4.74 Å². The minimum atomic E-state index is 0.446. The van der Waals surface area contributed by atoms with E-state index in [9.17, 15) is 0 Å². The highest BCUT2D eigenvalue weighted by molar-refractivity contribution is 6.32. The van der Waals surface area contributed by atoms with Gasteiger partial charge in [-0.2, -0.15) is 5.10 Å². The Morgan fingerprint density at radius 3 is 2.74 bits per heavy atom. The molecule has 0 aliphatic rings. The van der Waals surface area contributed by atoms with Crippen molar-refractivity contribution in [3.63, 3.8) is 0 Å². The van der Waals surface area contributed by atoms with Gasteiger partial charge in [0, 0.05) is 12.4 Å². The number of halogens is 2. The number of aryl methyl sites for hydroxylation is 2. The fraction of sp³-hybridized carbons (Fsp3) is 0.357. The lowest BCUT2D eigenvalue weighted by Crippen LogP contribution is -2.06. The molecule has 2 aromatic rings. The van der Waals surface area contributed by atoms with Crippen LogP contribution in [-0.4, -0.2) is 9.78 Å². The minimum Gasteiger partial charge on any atom is -0.486 e. The molecule has 3 nitrogen and oxygen atoms in total. The Bertz CT molecular complexity index is 567. The predicted molar refractivity (Wildman–Crippen MR) is 78.0 cm³/mol. The number of hydrogen-bond donors (Lipinski definition) is 0. The number of hydrogen-bond acceptors (Lipinski definition) is 2. The maximum absolute atomic E-state index is 6.15. The third-order valence-electron chi connectivity index (χ3n) is 2.81. The Labute approximate surface area is 123 Å². The SMILES string of the molecule is CCn1nc(C)cc1COc1ccc(CCl)cc1Cl. The van der Waals surface area contributed by atoms with Crippen LogP contribution >= 0.6 is 23.2 Å². The summed E-state index contributed by atoms with van der Waals surface area (Å²) in [5, 5.41) is 4.96. The van der Waals surface area contributed by atoms with Gasteiger partial charge < -0.3 is 4.74 Å². The molecule has 1 aromatic carbocycles. The van der Waals surface area contributed by atoms with E-state index in [1.807, 2.05) is 35.9 Å². The lowest BCUT2D eigenvalue weighted by molar-refractivity contribution is 0.292. The molecule has 102 valence electrons. The smallest absolute Gasteiger partial charge is 0.138 e. The first-order chi connectivity index (χ1) is 9.13. The Hall–Kier alpha value is -1.19. The van der Waals surface area contributed by atoms with Crippen LogP contribution < -0.4 is 4.74 Å². The van der Waals surface area contributed by atoms with Crippen LogP contribution in [0.25, 0.3) is 0 Å². The van der Waals surface area contributed by atoms with Crippen LogP contribution in [0.5, 0.6) is 5.75 Å². The first-order valence-electron chi connectivity index (χ1n) is 6.14. The van der Waals surface area contributed by atoms with E-state index in [1.54, 1.807) is 0 Å². The van der Waals surface area contributed by atoms with E-state index in [2.05, 4.69) is 12.0 Å².